The van der Waals surface area contributed by atoms with Gasteiger partial charge >= 0.3 is 5.63 Å². The van der Waals surface area contributed by atoms with Gasteiger partial charge in [0.05, 0.1) is 20.6 Å². The van der Waals surface area contributed by atoms with E-state index in [1.807, 2.05) is 0 Å². The summed E-state index contributed by atoms with van der Waals surface area (Å²) in [5, 5.41) is 0.658. The number of fused-ring (bicyclic) bond motifs is 1. The molecule has 0 aliphatic rings. The van der Waals surface area contributed by atoms with Crippen molar-refractivity contribution in [2.24, 2.45) is 0 Å². The molecule has 0 saturated heterocycles. The molecule has 148 valence electrons. The first-order valence-electron chi connectivity index (χ1n) is 8.48. The fourth-order valence-electron chi connectivity index (χ4n) is 3.08. The second-order valence-corrected chi connectivity index (χ2v) is 9.86. The Kier molecular flexibility index (Phi) is 5.18. The summed E-state index contributed by atoms with van der Waals surface area (Å²) in [6.07, 6.45) is 0. The molecule has 8 heteroatoms. The summed E-state index contributed by atoms with van der Waals surface area (Å²) >= 11 is 0. The molecule has 29 heavy (non-hydrogen) atoms. The molecular formula is C21H15ClO6S. The van der Waals surface area contributed by atoms with Gasteiger partial charge in [0.1, 0.15) is 9.32 Å². The minimum Gasteiger partial charge on any atom is -0.423 e. The number of hydrogen-bond donors (Lipinski definition) is 0. The zero-order valence-electron chi connectivity index (χ0n) is 14.9. The van der Waals surface area contributed by atoms with Crippen LogP contribution in [0.3, 0.4) is 0 Å². The number of hydrogen-bond acceptors (Lipinski definition) is 6. The first kappa shape index (κ1) is 19.7. The Morgan fingerprint density at radius 2 is 1.28 bits per heavy atom. The highest BCUT2D eigenvalue weighted by Crippen LogP contribution is 2.70. The molecule has 6 nitrogen and oxygen atoms in total. The van der Waals surface area contributed by atoms with Crippen molar-refractivity contribution < 1.29 is 32.4 Å². The third-order valence-electron chi connectivity index (χ3n) is 4.25. The topological polar surface area (TPSA) is 109 Å². The second-order valence-electron chi connectivity index (χ2n) is 6.08. The van der Waals surface area contributed by atoms with Gasteiger partial charge in [-0.15, -0.1) is 0 Å². The zero-order valence-corrected chi connectivity index (χ0v) is 16.5. The van der Waals surface area contributed by atoms with Gasteiger partial charge in [0.25, 0.3) is 0 Å². The van der Waals surface area contributed by atoms with Crippen LogP contribution in [0.15, 0.2) is 115 Å². The number of rotatable bonds is 5. The van der Waals surface area contributed by atoms with E-state index in [1.54, 1.807) is 84.9 Å². The van der Waals surface area contributed by atoms with E-state index in [-0.39, 0.29) is 5.58 Å². The normalized spacial score (nSPS) is 12.8. The number of halogens is 1. The van der Waals surface area contributed by atoms with Crippen LogP contribution in [0.1, 0.15) is 0 Å². The smallest absolute Gasteiger partial charge is 0.336 e. The molecule has 0 N–H and O–H groups in total. The summed E-state index contributed by atoms with van der Waals surface area (Å²) in [5.74, 6) is 0. The zero-order chi connectivity index (χ0) is 20.5. The summed E-state index contributed by atoms with van der Waals surface area (Å²) in [5.41, 5.74) is -0.271. The molecule has 0 saturated carbocycles. The third kappa shape index (κ3) is 3.92. The molecular weight excluding hydrogens is 416 g/mol. The summed E-state index contributed by atoms with van der Waals surface area (Å²) in [6.45, 7) is 0. The van der Waals surface area contributed by atoms with Crippen LogP contribution in [-0.4, -0.2) is 0 Å². The highest BCUT2D eigenvalue weighted by molar-refractivity contribution is 8.29. The highest BCUT2D eigenvalue weighted by atomic mass is 35.7. The molecule has 4 aromatic rings. The van der Waals surface area contributed by atoms with Crippen molar-refractivity contribution >= 4 is 21.3 Å². The van der Waals surface area contributed by atoms with E-state index in [2.05, 4.69) is 0 Å². The molecule has 0 amide bonds. The molecule has 0 radical (unpaired) electrons. The molecule has 0 aliphatic carbocycles. The molecule has 1 aromatic heterocycles. The average molecular weight is 431 g/mol. The second kappa shape index (κ2) is 7.64. The molecule has 0 unspecified atom stereocenters. The molecule has 0 aliphatic heterocycles. The van der Waals surface area contributed by atoms with Gasteiger partial charge < -0.3 is 4.42 Å². The maximum atomic E-state index is 11.8. The third-order valence-corrected chi connectivity index (χ3v) is 8.41. The monoisotopic (exact) mass is 430 g/mol. The van der Waals surface area contributed by atoms with Crippen molar-refractivity contribution in [1.82, 2.24) is 0 Å². The first-order valence-corrected chi connectivity index (χ1v) is 11.3. The molecule has 0 spiro atoms. The lowest BCUT2D eigenvalue weighted by atomic mass is 10.2. The predicted octanol–water partition coefficient (Wildman–Crippen LogP) is 1.90. The van der Waals surface area contributed by atoms with Crippen molar-refractivity contribution in [3.63, 3.8) is 0 Å². The van der Waals surface area contributed by atoms with Crippen molar-refractivity contribution in [2.45, 2.75) is 14.7 Å². The van der Waals surface area contributed by atoms with Crippen LogP contribution >= 0.6 is 10.3 Å². The van der Waals surface area contributed by atoms with Crippen molar-refractivity contribution in [2.75, 3.05) is 0 Å². The van der Waals surface area contributed by atoms with E-state index in [0.717, 1.165) is 0 Å². The van der Waals surface area contributed by atoms with Gasteiger partial charge in [-0.2, -0.15) is 14.0 Å². The van der Waals surface area contributed by atoms with E-state index in [9.17, 15) is 18.8 Å². The Morgan fingerprint density at radius 1 is 0.724 bits per heavy atom. The van der Waals surface area contributed by atoms with Crippen LogP contribution in [0.4, 0.5) is 0 Å². The van der Waals surface area contributed by atoms with E-state index in [4.69, 9.17) is 8.15 Å². The van der Waals surface area contributed by atoms with Gasteiger partial charge in [-0.25, -0.2) is 4.79 Å². The van der Waals surface area contributed by atoms with E-state index >= 15 is 0 Å². The molecule has 0 bridgehead atoms. The lowest BCUT2D eigenvalue weighted by Crippen LogP contribution is -2.61. The summed E-state index contributed by atoms with van der Waals surface area (Å²) in [4.78, 5) is 13.1. The molecule has 4 rings (SSSR count). The average Bonchev–Trinajstić information content (AvgIpc) is 2.72. The van der Waals surface area contributed by atoms with Gasteiger partial charge in [0.15, 0.2) is 0 Å². The molecule has 1 heterocycles. The Bertz CT molecular complexity index is 1150. The summed E-state index contributed by atoms with van der Waals surface area (Å²) in [7, 11) is -7.75. The Hall–Kier alpha value is -2.65. The quantitative estimate of drug-likeness (QED) is 0.447. The molecule has 0 fully saturated rings. The molecule has 3 aromatic carbocycles. The van der Waals surface area contributed by atoms with Gasteiger partial charge in [-0.3, -0.25) is 0 Å². The van der Waals surface area contributed by atoms with Crippen molar-refractivity contribution in [1.29, 1.82) is 0 Å². The maximum Gasteiger partial charge on any atom is 0.336 e. The van der Waals surface area contributed by atoms with E-state index < -0.39 is 26.2 Å². The Morgan fingerprint density at radius 3 is 1.83 bits per heavy atom. The lowest BCUT2D eigenvalue weighted by Gasteiger charge is -2.34. The van der Waals surface area contributed by atoms with Gasteiger partial charge in [-0.05, 0) is 42.5 Å². The van der Waals surface area contributed by atoms with E-state index in [0.29, 0.717) is 20.1 Å². The minimum atomic E-state index is -4.78. The van der Waals surface area contributed by atoms with Crippen LogP contribution < -0.4 is 19.6 Å². The predicted molar refractivity (Wildman–Crippen MR) is 98.8 cm³/mol. The Labute approximate surface area is 169 Å². The van der Waals surface area contributed by atoms with Crippen LogP contribution in [0.2, 0.25) is 0 Å². The lowest BCUT2D eigenvalue weighted by molar-refractivity contribution is -1.91. The fourth-order valence-corrected chi connectivity index (χ4v) is 7.31. The Balaban J connectivity index is 2.08. The van der Waals surface area contributed by atoms with Gasteiger partial charge in [-0.1, -0.05) is 42.5 Å². The van der Waals surface area contributed by atoms with Gasteiger partial charge in [0, 0.05) is 26.1 Å². The minimum absolute atomic E-state index is 0.266. The van der Waals surface area contributed by atoms with Crippen molar-refractivity contribution in [3.8, 4) is 0 Å². The standard InChI is InChI=1S/C21H15ClO6S/c23-21-14-12-16-11-13-19(15-20(16)27-21)29(28-22(24,25)26,17-7-3-1-4-8-17)18-9-5-2-6-10-18/h1-15H. The van der Waals surface area contributed by atoms with Crippen LogP contribution in [0.5, 0.6) is 0 Å². The maximum absolute atomic E-state index is 11.8. The summed E-state index contributed by atoms with van der Waals surface area (Å²) in [6, 6.07) is 25.1. The largest absolute Gasteiger partial charge is 0.423 e. The van der Waals surface area contributed by atoms with Gasteiger partial charge in [0.2, 0.25) is 0 Å². The highest BCUT2D eigenvalue weighted by Gasteiger charge is 2.46. The summed E-state index contributed by atoms with van der Waals surface area (Å²) < 4.78 is 46.1. The van der Waals surface area contributed by atoms with Crippen molar-refractivity contribution in [3.05, 3.63) is 101 Å². The number of benzene rings is 3. The van der Waals surface area contributed by atoms with Crippen LogP contribution in [0.25, 0.3) is 11.0 Å². The first-order chi connectivity index (χ1) is 13.9. The van der Waals surface area contributed by atoms with E-state index in [1.165, 1.54) is 6.07 Å². The van der Waals surface area contributed by atoms with Crippen LogP contribution in [0, 0.1) is 10.2 Å². The fraction of sp³-hybridized carbons (Fsp3) is 0. The molecule has 0 atom stereocenters. The van der Waals surface area contributed by atoms with Crippen LogP contribution in [-0.2, 0) is 3.74 Å². The SMILES string of the molecule is O=c1ccc2ccc(S(O[Cl+3]([O-])([O-])[O-])(c3ccccc3)c3ccccc3)cc2o1.